The molecule has 1 unspecified atom stereocenters. The van der Waals surface area contributed by atoms with Crippen LogP contribution in [0.1, 0.15) is 39.5 Å². The van der Waals surface area contributed by atoms with Crippen molar-refractivity contribution in [3.63, 3.8) is 0 Å². The molecule has 0 aromatic rings. The van der Waals surface area contributed by atoms with Crippen LogP contribution >= 0.6 is 0 Å². The van der Waals surface area contributed by atoms with Crippen LogP contribution in [-0.4, -0.2) is 49.7 Å². The Labute approximate surface area is 106 Å². The lowest BCUT2D eigenvalue weighted by Crippen LogP contribution is -2.33. The average molecular weight is 239 g/mol. The molecule has 0 aromatic heterocycles. The Morgan fingerprint density at radius 3 is 2.71 bits per heavy atom. The van der Waals surface area contributed by atoms with Gasteiger partial charge >= 0.3 is 0 Å². The van der Waals surface area contributed by atoms with E-state index in [1.165, 1.54) is 51.9 Å². The molecular weight excluding hydrogens is 210 g/mol. The Kier molecular flexibility index (Phi) is 5.26. The SMILES string of the molecule is CC(C)NCCN1CCC(CCNC2CC2)C1. The molecule has 0 radical (unpaired) electrons. The molecule has 1 saturated heterocycles. The molecule has 1 atom stereocenters. The fourth-order valence-electron chi connectivity index (χ4n) is 2.64. The third-order valence-electron chi connectivity index (χ3n) is 3.91. The molecule has 2 fully saturated rings. The highest BCUT2D eigenvalue weighted by atomic mass is 15.2. The Hall–Kier alpha value is -0.120. The van der Waals surface area contributed by atoms with E-state index in [0.717, 1.165) is 18.5 Å². The summed E-state index contributed by atoms with van der Waals surface area (Å²) in [5.41, 5.74) is 0. The van der Waals surface area contributed by atoms with E-state index < -0.39 is 0 Å². The van der Waals surface area contributed by atoms with E-state index in [4.69, 9.17) is 0 Å². The van der Waals surface area contributed by atoms with E-state index in [0.29, 0.717) is 6.04 Å². The average Bonchev–Trinajstić information content (AvgIpc) is 2.98. The van der Waals surface area contributed by atoms with Crippen LogP contribution in [0.3, 0.4) is 0 Å². The summed E-state index contributed by atoms with van der Waals surface area (Å²) in [4.78, 5) is 2.62. The Morgan fingerprint density at radius 2 is 2.00 bits per heavy atom. The first-order valence-corrected chi connectivity index (χ1v) is 7.43. The zero-order valence-corrected chi connectivity index (χ0v) is 11.5. The maximum atomic E-state index is 3.63. The molecule has 0 amide bonds. The van der Waals surface area contributed by atoms with Crippen molar-refractivity contribution < 1.29 is 0 Å². The molecule has 0 spiro atoms. The Bertz CT molecular complexity index is 200. The van der Waals surface area contributed by atoms with Crippen molar-refractivity contribution in [3.8, 4) is 0 Å². The van der Waals surface area contributed by atoms with Crippen molar-refractivity contribution in [1.82, 2.24) is 15.5 Å². The molecule has 2 rings (SSSR count). The second-order valence-corrected chi connectivity index (χ2v) is 6.08. The van der Waals surface area contributed by atoms with Gasteiger partial charge in [-0.15, -0.1) is 0 Å². The van der Waals surface area contributed by atoms with Gasteiger partial charge in [-0.05, 0) is 44.7 Å². The van der Waals surface area contributed by atoms with Gasteiger partial charge in [0.05, 0.1) is 0 Å². The predicted octanol–water partition coefficient (Wildman–Crippen LogP) is 1.45. The van der Waals surface area contributed by atoms with E-state index in [2.05, 4.69) is 29.4 Å². The van der Waals surface area contributed by atoms with Crippen LogP contribution in [0.4, 0.5) is 0 Å². The minimum atomic E-state index is 0.621. The van der Waals surface area contributed by atoms with Gasteiger partial charge in [0.15, 0.2) is 0 Å². The number of nitrogens with zero attached hydrogens (tertiary/aromatic N) is 1. The van der Waals surface area contributed by atoms with Crippen LogP contribution in [0, 0.1) is 5.92 Å². The fraction of sp³-hybridized carbons (Fsp3) is 1.00. The second kappa shape index (κ2) is 6.72. The quantitative estimate of drug-likeness (QED) is 0.671. The zero-order valence-electron chi connectivity index (χ0n) is 11.5. The van der Waals surface area contributed by atoms with E-state index in [1.54, 1.807) is 0 Å². The molecule has 17 heavy (non-hydrogen) atoms. The van der Waals surface area contributed by atoms with Crippen molar-refractivity contribution in [3.05, 3.63) is 0 Å². The molecule has 0 aromatic carbocycles. The predicted molar refractivity (Wildman–Crippen MR) is 73.3 cm³/mol. The lowest BCUT2D eigenvalue weighted by atomic mass is 10.1. The summed E-state index contributed by atoms with van der Waals surface area (Å²) in [7, 11) is 0. The van der Waals surface area contributed by atoms with Crippen LogP contribution in [0.25, 0.3) is 0 Å². The highest BCUT2D eigenvalue weighted by Crippen LogP contribution is 2.21. The van der Waals surface area contributed by atoms with Crippen LogP contribution in [0.15, 0.2) is 0 Å². The number of likely N-dealkylation sites (tertiary alicyclic amines) is 1. The Morgan fingerprint density at radius 1 is 1.18 bits per heavy atom. The minimum absolute atomic E-state index is 0.621. The molecule has 0 bridgehead atoms. The highest BCUT2D eigenvalue weighted by molar-refractivity contribution is 4.82. The van der Waals surface area contributed by atoms with Gasteiger partial charge < -0.3 is 15.5 Å². The van der Waals surface area contributed by atoms with Crippen molar-refractivity contribution in [2.24, 2.45) is 5.92 Å². The molecule has 1 aliphatic heterocycles. The molecule has 100 valence electrons. The van der Waals surface area contributed by atoms with E-state index >= 15 is 0 Å². The summed E-state index contributed by atoms with van der Waals surface area (Å²) in [5, 5.41) is 7.13. The lowest BCUT2D eigenvalue weighted by molar-refractivity contribution is 0.314. The van der Waals surface area contributed by atoms with Gasteiger partial charge in [-0.1, -0.05) is 13.8 Å². The third kappa shape index (κ3) is 5.36. The monoisotopic (exact) mass is 239 g/mol. The van der Waals surface area contributed by atoms with Crippen molar-refractivity contribution in [1.29, 1.82) is 0 Å². The normalized spacial score (nSPS) is 25.9. The van der Waals surface area contributed by atoms with E-state index in [9.17, 15) is 0 Å². The van der Waals surface area contributed by atoms with Gasteiger partial charge in [0.1, 0.15) is 0 Å². The van der Waals surface area contributed by atoms with Gasteiger partial charge in [-0.25, -0.2) is 0 Å². The van der Waals surface area contributed by atoms with Crippen LogP contribution in [-0.2, 0) is 0 Å². The summed E-state index contributed by atoms with van der Waals surface area (Å²) in [6.45, 7) is 10.7. The largest absolute Gasteiger partial charge is 0.314 e. The number of hydrogen-bond donors (Lipinski definition) is 2. The minimum Gasteiger partial charge on any atom is -0.314 e. The maximum Gasteiger partial charge on any atom is 0.0107 e. The highest BCUT2D eigenvalue weighted by Gasteiger charge is 2.23. The summed E-state index contributed by atoms with van der Waals surface area (Å²) in [6.07, 6.45) is 5.62. The van der Waals surface area contributed by atoms with Crippen LogP contribution < -0.4 is 10.6 Å². The van der Waals surface area contributed by atoms with Gasteiger partial charge in [-0.2, -0.15) is 0 Å². The van der Waals surface area contributed by atoms with Gasteiger partial charge in [-0.3, -0.25) is 0 Å². The summed E-state index contributed by atoms with van der Waals surface area (Å²) in [6, 6.07) is 1.50. The van der Waals surface area contributed by atoms with Gasteiger partial charge in [0, 0.05) is 31.7 Å². The summed E-state index contributed by atoms with van der Waals surface area (Å²) < 4.78 is 0. The first kappa shape index (κ1) is 13.3. The van der Waals surface area contributed by atoms with Gasteiger partial charge in [0.2, 0.25) is 0 Å². The van der Waals surface area contributed by atoms with Gasteiger partial charge in [0.25, 0.3) is 0 Å². The van der Waals surface area contributed by atoms with Crippen molar-refractivity contribution in [2.45, 2.75) is 51.6 Å². The second-order valence-electron chi connectivity index (χ2n) is 6.08. The topological polar surface area (TPSA) is 27.3 Å². The summed E-state index contributed by atoms with van der Waals surface area (Å²) in [5.74, 6) is 0.945. The number of rotatable bonds is 8. The van der Waals surface area contributed by atoms with Crippen molar-refractivity contribution >= 4 is 0 Å². The molecule has 1 aliphatic carbocycles. The number of nitrogens with one attached hydrogen (secondary N) is 2. The van der Waals surface area contributed by atoms with E-state index in [-0.39, 0.29) is 0 Å². The van der Waals surface area contributed by atoms with Crippen LogP contribution in [0.2, 0.25) is 0 Å². The van der Waals surface area contributed by atoms with Crippen LogP contribution in [0.5, 0.6) is 0 Å². The summed E-state index contributed by atoms with van der Waals surface area (Å²) >= 11 is 0. The van der Waals surface area contributed by atoms with Crippen molar-refractivity contribution in [2.75, 3.05) is 32.7 Å². The molecule has 3 heteroatoms. The smallest absolute Gasteiger partial charge is 0.0107 e. The number of hydrogen-bond acceptors (Lipinski definition) is 3. The first-order chi connectivity index (χ1) is 8.24. The molecule has 3 nitrogen and oxygen atoms in total. The standard InChI is InChI=1S/C14H29N3/c1-12(2)15-8-10-17-9-6-13(11-17)5-7-16-14-3-4-14/h12-16H,3-11H2,1-2H3. The molecule has 2 aliphatic rings. The first-order valence-electron chi connectivity index (χ1n) is 7.43. The maximum absolute atomic E-state index is 3.63. The Balaban J connectivity index is 1.49. The molecule has 1 saturated carbocycles. The van der Waals surface area contributed by atoms with E-state index in [1.807, 2.05) is 0 Å². The molecular formula is C14H29N3. The lowest BCUT2D eigenvalue weighted by Gasteiger charge is -2.17. The fourth-order valence-corrected chi connectivity index (χ4v) is 2.64. The zero-order chi connectivity index (χ0) is 12.1. The molecule has 1 heterocycles. The third-order valence-corrected chi connectivity index (χ3v) is 3.91. The molecule has 2 N–H and O–H groups in total.